The summed E-state index contributed by atoms with van der Waals surface area (Å²) >= 11 is 0. The van der Waals surface area contributed by atoms with Crippen LogP contribution in [0, 0.1) is 16.0 Å². The summed E-state index contributed by atoms with van der Waals surface area (Å²) < 4.78 is 4.74. The highest BCUT2D eigenvalue weighted by atomic mass is 16.6. The van der Waals surface area contributed by atoms with Crippen LogP contribution < -0.4 is 0 Å². The molecule has 8 heteroatoms. The number of amides is 2. The fraction of sp³-hybridized carbons (Fsp3) is 0.286. The lowest BCUT2D eigenvalue weighted by molar-refractivity contribution is -0.562. The molecule has 0 N–H and O–H groups in total. The first-order valence-corrected chi connectivity index (χ1v) is 9.05. The average molecular weight is 396 g/mol. The molecular formula is C21H20N2O6. The van der Waals surface area contributed by atoms with Crippen LogP contribution in [0.4, 0.5) is 0 Å². The zero-order chi connectivity index (χ0) is 21.0. The number of benzene rings is 2. The van der Waals surface area contributed by atoms with Gasteiger partial charge in [0.15, 0.2) is 0 Å². The first kappa shape index (κ1) is 20.2. The minimum absolute atomic E-state index is 0.00465. The van der Waals surface area contributed by atoms with Gasteiger partial charge in [0.05, 0.1) is 20.1 Å². The van der Waals surface area contributed by atoms with E-state index in [2.05, 4.69) is 0 Å². The summed E-state index contributed by atoms with van der Waals surface area (Å²) in [5.41, 5.74) is -1.17. The maximum absolute atomic E-state index is 13.1. The second kappa shape index (κ2) is 8.22. The number of likely N-dealkylation sites (tertiary alicyclic amines) is 1. The van der Waals surface area contributed by atoms with Crippen LogP contribution >= 0.6 is 0 Å². The van der Waals surface area contributed by atoms with Crippen molar-refractivity contribution in [3.05, 3.63) is 81.9 Å². The normalized spacial score (nSPS) is 18.4. The van der Waals surface area contributed by atoms with Gasteiger partial charge in [-0.3, -0.25) is 24.6 Å². The first-order chi connectivity index (χ1) is 13.9. The van der Waals surface area contributed by atoms with E-state index in [0.717, 1.165) is 12.0 Å². The van der Waals surface area contributed by atoms with Crippen LogP contribution in [0.1, 0.15) is 17.5 Å². The Bertz CT molecular complexity index is 931. The van der Waals surface area contributed by atoms with Gasteiger partial charge in [-0.05, 0) is 11.1 Å². The summed E-state index contributed by atoms with van der Waals surface area (Å²) in [6, 6.07) is 17.2. The highest BCUT2D eigenvalue weighted by molar-refractivity contribution is 6.06. The number of hydrogen-bond acceptors (Lipinski definition) is 6. The monoisotopic (exact) mass is 396 g/mol. The molecule has 1 aliphatic heterocycles. The number of carbonyl (C=O) groups excluding carboxylic acids is 3. The van der Waals surface area contributed by atoms with E-state index in [1.807, 2.05) is 0 Å². The van der Waals surface area contributed by atoms with Crippen LogP contribution in [0.5, 0.6) is 0 Å². The van der Waals surface area contributed by atoms with Crippen molar-refractivity contribution in [3.8, 4) is 0 Å². The van der Waals surface area contributed by atoms with Gasteiger partial charge in [0.1, 0.15) is 5.92 Å². The van der Waals surface area contributed by atoms with Gasteiger partial charge in [-0.1, -0.05) is 60.7 Å². The topological polar surface area (TPSA) is 107 Å². The van der Waals surface area contributed by atoms with E-state index in [1.165, 1.54) is 0 Å². The number of esters is 1. The van der Waals surface area contributed by atoms with E-state index in [9.17, 15) is 24.5 Å². The molecule has 0 bridgehead atoms. The van der Waals surface area contributed by atoms with Gasteiger partial charge in [0.2, 0.25) is 11.8 Å². The molecule has 0 radical (unpaired) electrons. The Balaban J connectivity index is 1.99. The van der Waals surface area contributed by atoms with Gasteiger partial charge < -0.3 is 4.74 Å². The highest BCUT2D eigenvalue weighted by Gasteiger charge is 2.65. The Labute approximate surface area is 167 Å². The molecule has 0 unspecified atom stereocenters. The number of methoxy groups -OCH3 is 1. The number of carbonyl (C=O) groups is 3. The number of hydrogen-bond donors (Lipinski definition) is 0. The maximum Gasteiger partial charge on any atom is 0.385 e. The summed E-state index contributed by atoms with van der Waals surface area (Å²) in [6.45, 7) is -0.00465. The van der Waals surface area contributed by atoms with Crippen LogP contribution in [0.15, 0.2) is 60.7 Å². The van der Waals surface area contributed by atoms with Crippen LogP contribution in [0.3, 0.4) is 0 Å². The Morgan fingerprint density at radius 1 is 1.10 bits per heavy atom. The summed E-state index contributed by atoms with van der Waals surface area (Å²) in [5, 5.41) is 12.2. The lowest BCUT2D eigenvalue weighted by Crippen LogP contribution is -2.57. The molecular weight excluding hydrogens is 376 g/mol. The van der Waals surface area contributed by atoms with Crippen molar-refractivity contribution in [2.24, 2.45) is 5.92 Å². The Hall–Kier alpha value is -3.55. The molecule has 3 rings (SSSR count). The molecule has 150 valence electrons. The SMILES string of the molecule is COC(=O)[C@](Cc1ccccc1)([C@@H]1CC(=O)N(Cc2ccccc2)C1=O)[N+](=O)[O-]. The third-order valence-corrected chi connectivity index (χ3v) is 5.19. The average Bonchev–Trinajstić information content (AvgIpc) is 3.01. The van der Waals surface area contributed by atoms with Gasteiger partial charge in [-0.2, -0.15) is 0 Å². The largest absolute Gasteiger partial charge is 0.464 e. The molecule has 8 nitrogen and oxygen atoms in total. The van der Waals surface area contributed by atoms with E-state index >= 15 is 0 Å². The molecule has 2 amide bonds. The standard InChI is InChI=1S/C21H20N2O6/c1-29-20(26)21(23(27)28,13-15-8-4-2-5-9-15)17-12-18(24)22(19(17)25)14-16-10-6-3-7-11-16/h2-11,17H,12-14H2,1H3/t17-,21+/m1/s1. The zero-order valence-electron chi connectivity index (χ0n) is 15.8. The molecule has 0 saturated carbocycles. The number of rotatable bonds is 7. The minimum atomic E-state index is -2.38. The van der Waals surface area contributed by atoms with Crippen molar-refractivity contribution in [2.75, 3.05) is 7.11 Å². The lowest BCUT2D eigenvalue weighted by atomic mass is 9.78. The van der Waals surface area contributed by atoms with E-state index < -0.39 is 40.6 Å². The summed E-state index contributed by atoms with van der Waals surface area (Å²) in [5.74, 6) is -3.87. The van der Waals surface area contributed by atoms with Crippen LogP contribution in [0.2, 0.25) is 0 Å². The van der Waals surface area contributed by atoms with Crippen molar-refractivity contribution in [1.82, 2.24) is 4.90 Å². The smallest absolute Gasteiger partial charge is 0.385 e. The van der Waals surface area contributed by atoms with Gasteiger partial charge in [-0.15, -0.1) is 0 Å². The van der Waals surface area contributed by atoms with Crippen molar-refractivity contribution >= 4 is 17.8 Å². The van der Waals surface area contributed by atoms with Crippen LogP contribution in [-0.2, 0) is 32.1 Å². The van der Waals surface area contributed by atoms with Crippen LogP contribution in [0.25, 0.3) is 0 Å². The van der Waals surface area contributed by atoms with Crippen molar-refractivity contribution in [1.29, 1.82) is 0 Å². The second-order valence-corrected chi connectivity index (χ2v) is 6.90. The summed E-state index contributed by atoms with van der Waals surface area (Å²) in [6.07, 6.45) is -0.773. The molecule has 1 fully saturated rings. The zero-order valence-corrected chi connectivity index (χ0v) is 15.8. The second-order valence-electron chi connectivity index (χ2n) is 6.90. The predicted molar refractivity (Wildman–Crippen MR) is 102 cm³/mol. The molecule has 2 atom stereocenters. The van der Waals surface area contributed by atoms with Gasteiger partial charge in [0, 0.05) is 11.3 Å². The van der Waals surface area contributed by atoms with E-state index in [-0.39, 0.29) is 13.0 Å². The van der Waals surface area contributed by atoms with E-state index in [4.69, 9.17) is 4.74 Å². The molecule has 0 aliphatic carbocycles. The van der Waals surface area contributed by atoms with Crippen LogP contribution in [-0.4, -0.2) is 40.3 Å². The highest BCUT2D eigenvalue weighted by Crippen LogP contribution is 2.36. The van der Waals surface area contributed by atoms with Crippen molar-refractivity contribution in [3.63, 3.8) is 0 Å². The minimum Gasteiger partial charge on any atom is -0.464 e. The molecule has 1 saturated heterocycles. The fourth-order valence-electron chi connectivity index (χ4n) is 3.68. The number of ether oxygens (including phenoxy) is 1. The molecule has 29 heavy (non-hydrogen) atoms. The molecule has 2 aromatic carbocycles. The van der Waals surface area contributed by atoms with Crippen molar-refractivity contribution in [2.45, 2.75) is 24.9 Å². The van der Waals surface area contributed by atoms with Crippen molar-refractivity contribution < 1.29 is 24.0 Å². The summed E-state index contributed by atoms with van der Waals surface area (Å²) in [4.78, 5) is 50.6. The predicted octanol–water partition coefficient (Wildman–Crippen LogP) is 1.99. The third kappa shape index (κ3) is 3.73. The molecule has 2 aromatic rings. The van der Waals surface area contributed by atoms with Gasteiger partial charge in [-0.25, -0.2) is 4.79 Å². The quantitative estimate of drug-likeness (QED) is 0.307. The molecule has 1 heterocycles. The Morgan fingerprint density at radius 2 is 1.66 bits per heavy atom. The third-order valence-electron chi connectivity index (χ3n) is 5.19. The maximum atomic E-state index is 13.1. The number of nitrogens with zero attached hydrogens (tertiary/aromatic N) is 2. The fourth-order valence-corrected chi connectivity index (χ4v) is 3.68. The number of imide groups is 1. The number of nitro groups is 1. The van der Waals surface area contributed by atoms with E-state index in [1.54, 1.807) is 60.7 Å². The first-order valence-electron chi connectivity index (χ1n) is 9.05. The van der Waals surface area contributed by atoms with Gasteiger partial charge in [0.25, 0.3) is 0 Å². The Kier molecular flexibility index (Phi) is 5.72. The lowest BCUT2D eigenvalue weighted by Gasteiger charge is -2.27. The molecule has 1 aliphatic rings. The molecule has 0 aromatic heterocycles. The van der Waals surface area contributed by atoms with E-state index in [0.29, 0.717) is 11.1 Å². The molecule has 0 spiro atoms. The van der Waals surface area contributed by atoms with Gasteiger partial charge >= 0.3 is 11.5 Å². The summed E-state index contributed by atoms with van der Waals surface area (Å²) in [7, 11) is 1.04. The Morgan fingerprint density at radius 3 is 2.17 bits per heavy atom.